The third-order valence-corrected chi connectivity index (χ3v) is 5.08. The summed E-state index contributed by atoms with van der Waals surface area (Å²) in [4.78, 5) is 23.4. The minimum Gasteiger partial charge on any atom is -0.478 e. The van der Waals surface area contributed by atoms with Crippen molar-refractivity contribution in [2.75, 3.05) is 11.9 Å². The lowest BCUT2D eigenvalue weighted by Crippen LogP contribution is -2.29. The first kappa shape index (κ1) is 19.1. The van der Waals surface area contributed by atoms with E-state index in [0.29, 0.717) is 23.0 Å². The first-order chi connectivity index (χ1) is 13.0. The Balaban J connectivity index is 1.63. The number of ether oxygens (including phenoxy) is 1. The topological polar surface area (TPSA) is 93.5 Å². The molecule has 2 atom stereocenters. The SMILES string of the molecule is Cc1c(C(=O)O)cnn1-c1cccc(NC(=O)COC2CCCCC2C)c1. The molecule has 3 rings (SSSR count). The van der Waals surface area contributed by atoms with Gasteiger partial charge in [0, 0.05) is 5.69 Å². The summed E-state index contributed by atoms with van der Waals surface area (Å²) >= 11 is 0. The van der Waals surface area contributed by atoms with E-state index in [1.54, 1.807) is 29.8 Å². The number of nitrogens with one attached hydrogen (secondary N) is 1. The summed E-state index contributed by atoms with van der Waals surface area (Å²) in [6, 6.07) is 7.13. The highest BCUT2D eigenvalue weighted by Crippen LogP contribution is 2.26. The van der Waals surface area contributed by atoms with Crippen LogP contribution in [0.25, 0.3) is 5.69 Å². The number of nitrogens with zero attached hydrogens (tertiary/aromatic N) is 2. The van der Waals surface area contributed by atoms with E-state index < -0.39 is 5.97 Å². The third kappa shape index (κ3) is 4.54. The van der Waals surface area contributed by atoms with Crippen LogP contribution in [0.5, 0.6) is 0 Å². The molecule has 1 fully saturated rings. The maximum atomic E-state index is 12.2. The van der Waals surface area contributed by atoms with Crippen molar-refractivity contribution < 1.29 is 19.4 Å². The second-order valence-corrected chi connectivity index (χ2v) is 7.07. The summed E-state index contributed by atoms with van der Waals surface area (Å²) < 4.78 is 7.34. The summed E-state index contributed by atoms with van der Waals surface area (Å²) in [5.41, 5.74) is 1.98. The molecule has 1 aliphatic carbocycles. The van der Waals surface area contributed by atoms with Gasteiger partial charge in [-0.1, -0.05) is 25.8 Å². The van der Waals surface area contributed by atoms with Crippen molar-refractivity contribution in [1.82, 2.24) is 9.78 Å². The first-order valence-corrected chi connectivity index (χ1v) is 9.25. The number of anilines is 1. The van der Waals surface area contributed by atoms with E-state index in [2.05, 4.69) is 17.3 Å². The van der Waals surface area contributed by atoms with E-state index in [0.717, 1.165) is 19.3 Å². The summed E-state index contributed by atoms with van der Waals surface area (Å²) in [7, 11) is 0. The number of hydrogen-bond acceptors (Lipinski definition) is 4. The molecule has 2 aromatic rings. The highest BCUT2D eigenvalue weighted by Gasteiger charge is 2.22. The zero-order chi connectivity index (χ0) is 19.4. The van der Waals surface area contributed by atoms with Crippen molar-refractivity contribution in [1.29, 1.82) is 0 Å². The Morgan fingerprint density at radius 2 is 2.11 bits per heavy atom. The van der Waals surface area contributed by atoms with Crippen LogP contribution < -0.4 is 5.32 Å². The predicted molar refractivity (Wildman–Crippen MR) is 101 cm³/mol. The van der Waals surface area contributed by atoms with E-state index in [-0.39, 0.29) is 24.2 Å². The summed E-state index contributed by atoms with van der Waals surface area (Å²) in [5, 5.41) is 16.1. The Morgan fingerprint density at radius 3 is 2.81 bits per heavy atom. The highest BCUT2D eigenvalue weighted by molar-refractivity contribution is 5.92. The van der Waals surface area contributed by atoms with E-state index in [4.69, 9.17) is 9.84 Å². The second-order valence-electron chi connectivity index (χ2n) is 7.07. The fourth-order valence-electron chi connectivity index (χ4n) is 3.50. The zero-order valence-corrected chi connectivity index (χ0v) is 15.6. The Bertz CT molecular complexity index is 830. The van der Waals surface area contributed by atoms with Gasteiger partial charge in [0.15, 0.2) is 0 Å². The van der Waals surface area contributed by atoms with Crippen LogP contribution in [-0.2, 0) is 9.53 Å². The van der Waals surface area contributed by atoms with Crippen LogP contribution in [0.4, 0.5) is 5.69 Å². The maximum absolute atomic E-state index is 12.2. The number of carbonyl (C=O) groups excluding carboxylic acids is 1. The molecule has 0 spiro atoms. The Kier molecular flexibility index (Phi) is 5.91. The third-order valence-electron chi connectivity index (χ3n) is 5.08. The molecule has 0 radical (unpaired) electrons. The number of rotatable bonds is 6. The fraction of sp³-hybridized carbons (Fsp3) is 0.450. The molecule has 1 aromatic carbocycles. The summed E-state index contributed by atoms with van der Waals surface area (Å²) in [6.07, 6.45) is 6.01. The lowest BCUT2D eigenvalue weighted by atomic mass is 9.88. The van der Waals surface area contributed by atoms with Crippen LogP contribution in [0.3, 0.4) is 0 Å². The molecule has 2 unspecified atom stereocenters. The number of hydrogen-bond donors (Lipinski definition) is 2. The molecule has 1 heterocycles. The van der Waals surface area contributed by atoms with Crippen molar-refractivity contribution in [3.63, 3.8) is 0 Å². The highest BCUT2D eigenvalue weighted by atomic mass is 16.5. The Labute approximate surface area is 158 Å². The number of benzene rings is 1. The predicted octanol–water partition coefficient (Wildman–Crippen LogP) is 3.41. The van der Waals surface area contributed by atoms with Gasteiger partial charge in [0.25, 0.3) is 0 Å². The molecule has 0 saturated heterocycles. The molecule has 1 aliphatic rings. The Morgan fingerprint density at radius 1 is 1.33 bits per heavy atom. The molecule has 27 heavy (non-hydrogen) atoms. The molecular formula is C20H25N3O4. The van der Waals surface area contributed by atoms with Gasteiger partial charge in [-0.2, -0.15) is 5.10 Å². The van der Waals surface area contributed by atoms with E-state index >= 15 is 0 Å². The lowest BCUT2D eigenvalue weighted by molar-refractivity contribution is -0.124. The molecule has 0 aliphatic heterocycles. The van der Waals surface area contributed by atoms with Crippen molar-refractivity contribution >= 4 is 17.6 Å². The van der Waals surface area contributed by atoms with Crippen LogP contribution in [0.15, 0.2) is 30.5 Å². The molecule has 7 nitrogen and oxygen atoms in total. The van der Waals surface area contributed by atoms with Gasteiger partial charge in [0.05, 0.1) is 23.7 Å². The average Bonchev–Trinajstić information content (AvgIpc) is 3.03. The van der Waals surface area contributed by atoms with Crippen molar-refractivity contribution in [2.24, 2.45) is 5.92 Å². The van der Waals surface area contributed by atoms with Crippen molar-refractivity contribution in [3.8, 4) is 5.69 Å². The second kappa shape index (κ2) is 8.35. The van der Waals surface area contributed by atoms with Crippen LogP contribution in [0, 0.1) is 12.8 Å². The van der Waals surface area contributed by atoms with Gasteiger partial charge in [0.2, 0.25) is 5.91 Å². The lowest BCUT2D eigenvalue weighted by Gasteiger charge is -2.28. The largest absolute Gasteiger partial charge is 0.478 e. The van der Waals surface area contributed by atoms with Gasteiger partial charge < -0.3 is 15.2 Å². The molecule has 1 amide bonds. The van der Waals surface area contributed by atoms with Gasteiger partial charge in [0.1, 0.15) is 12.2 Å². The number of carbonyl (C=O) groups is 2. The smallest absolute Gasteiger partial charge is 0.339 e. The van der Waals surface area contributed by atoms with Crippen LogP contribution in [0.2, 0.25) is 0 Å². The minimum atomic E-state index is -1.02. The van der Waals surface area contributed by atoms with Crippen molar-refractivity contribution in [2.45, 2.75) is 45.6 Å². The normalized spacial score (nSPS) is 19.6. The minimum absolute atomic E-state index is 0.0309. The number of amides is 1. The number of carboxylic acids is 1. The average molecular weight is 371 g/mol. The maximum Gasteiger partial charge on any atom is 0.339 e. The Hall–Kier alpha value is -2.67. The monoisotopic (exact) mass is 371 g/mol. The molecule has 0 bridgehead atoms. The van der Waals surface area contributed by atoms with Gasteiger partial charge >= 0.3 is 5.97 Å². The first-order valence-electron chi connectivity index (χ1n) is 9.25. The van der Waals surface area contributed by atoms with E-state index in [1.165, 1.54) is 12.6 Å². The number of aromatic nitrogens is 2. The standard InChI is InChI=1S/C20H25N3O4/c1-13-6-3-4-9-18(13)27-12-19(24)22-15-7-5-8-16(10-15)23-14(2)17(11-21-23)20(25)26/h5,7-8,10-11,13,18H,3-4,6,9,12H2,1-2H3,(H,22,24)(H,25,26). The fourth-order valence-corrected chi connectivity index (χ4v) is 3.50. The van der Waals surface area contributed by atoms with Gasteiger partial charge in [-0.25, -0.2) is 9.48 Å². The van der Waals surface area contributed by atoms with E-state index in [1.807, 2.05) is 6.07 Å². The zero-order valence-electron chi connectivity index (χ0n) is 15.6. The summed E-state index contributed by atoms with van der Waals surface area (Å²) in [6.45, 7) is 3.90. The van der Waals surface area contributed by atoms with E-state index in [9.17, 15) is 9.59 Å². The van der Waals surface area contributed by atoms with Crippen LogP contribution >= 0.6 is 0 Å². The molecular weight excluding hydrogens is 346 g/mol. The molecule has 1 aromatic heterocycles. The molecule has 144 valence electrons. The van der Waals surface area contributed by atoms with Gasteiger partial charge in [-0.05, 0) is 43.9 Å². The number of aromatic carboxylic acids is 1. The summed E-state index contributed by atoms with van der Waals surface area (Å²) in [5.74, 6) is -0.730. The van der Waals surface area contributed by atoms with Crippen molar-refractivity contribution in [3.05, 3.63) is 41.7 Å². The van der Waals surface area contributed by atoms with Gasteiger partial charge in [-0.15, -0.1) is 0 Å². The molecule has 2 N–H and O–H groups in total. The quantitative estimate of drug-likeness (QED) is 0.812. The van der Waals surface area contributed by atoms with Crippen LogP contribution in [-0.4, -0.2) is 39.5 Å². The van der Waals surface area contributed by atoms with Gasteiger partial charge in [-0.3, -0.25) is 4.79 Å². The molecule has 1 saturated carbocycles. The molecule has 7 heteroatoms. The van der Waals surface area contributed by atoms with Crippen LogP contribution in [0.1, 0.15) is 48.7 Å². The number of carboxylic acid groups (broad SMARTS) is 1.